The van der Waals surface area contributed by atoms with E-state index in [1.54, 1.807) is 13.0 Å². The van der Waals surface area contributed by atoms with Crippen molar-refractivity contribution < 1.29 is 19.4 Å². The van der Waals surface area contributed by atoms with Crippen molar-refractivity contribution in [1.29, 1.82) is 0 Å². The highest BCUT2D eigenvalue weighted by Crippen LogP contribution is 2.29. The van der Waals surface area contributed by atoms with Gasteiger partial charge in [-0.2, -0.15) is 0 Å². The normalized spacial score (nSPS) is 16.1. The van der Waals surface area contributed by atoms with E-state index in [4.69, 9.17) is 9.84 Å². The summed E-state index contributed by atoms with van der Waals surface area (Å²) in [5, 5.41) is 8.99. The summed E-state index contributed by atoms with van der Waals surface area (Å²) in [5.74, 6) is -1.03. The molecule has 0 aliphatic heterocycles. The summed E-state index contributed by atoms with van der Waals surface area (Å²) in [6.45, 7) is 6.07. The van der Waals surface area contributed by atoms with E-state index in [1.165, 1.54) is 4.90 Å². The van der Waals surface area contributed by atoms with Crippen LogP contribution in [0.1, 0.15) is 32.6 Å². The molecule has 0 saturated heterocycles. The van der Waals surface area contributed by atoms with Crippen LogP contribution in [0.3, 0.4) is 0 Å². The van der Waals surface area contributed by atoms with Gasteiger partial charge in [-0.05, 0) is 26.2 Å². The van der Waals surface area contributed by atoms with Crippen molar-refractivity contribution in [2.75, 3.05) is 13.2 Å². The minimum Gasteiger partial charge on any atom is -0.480 e. The predicted octanol–water partition coefficient (Wildman–Crippen LogP) is 1.43. The fraction of sp³-hybridized carbons (Fsp3) is 0.692. The first-order valence-electron chi connectivity index (χ1n) is 6.30. The van der Waals surface area contributed by atoms with E-state index in [-0.39, 0.29) is 11.9 Å². The Labute approximate surface area is 107 Å². The molecule has 0 spiro atoms. The molecule has 0 bridgehead atoms. The number of nitrogens with zero attached hydrogens (tertiary/aromatic N) is 1. The molecule has 1 aliphatic rings. The Bertz CT molecular complexity index is 312. The van der Waals surface area contributed by atoms with Crippen molar-refractivity contribution >= 4 is 11.9 Å². The molecule has 0 radical (unpaired) electrons. The van der Waals surface area contributed by atoms with Gasteiger partial charge in [-0.1, -0.05) is 6.08 Å². The Balaban J connectivity index is 2.36. The summed E-state index contributed by atoms with van der Waals surface area (Å²) >= 11 is 0. The Morgan fingerprint density at radius 1 is 1.56 bits per heavy atom. The molecule has 102 valence electrons. The summed E-state index contributed by atoms with van der Waals surface area (Å²) in [5.41, 5.74) is 0. The van der Waals surface area contributed by atoms with Crippen LogP contribution in [0.15, 0.2) is 12.7 Å². The first-order valence-corrected chi connectivity index (χ1v) is 6.30. The molecule has 1 aliphatic carbocycles. The molecular formula is C13H21NO4. The van der Waals surface area contributed by atoms with Gasteiger partial charge in [-0.15, -0.1) is 6.58 Å². The maximum atomic E-state index is 12.0. The molecular weight excluding hydrogens is 234 g/mol. The molecule has 1 amide bonds. The van der Waals surface area contributed by atoms with Crippen molar-refractivity contribution in [2.24, 2.45) is 0 Å². The van der Waals surface area contributed by atoms with Crippen LogP contribution in [0, 0.1) is 0 Å². The summed E-state index contributed by atoms with van der Waals surface area (Å²) < 4.78 is 5.19. The number of aliphatic carboxylic acids is 1. The minimum atomic E-state index is -0.946. The van der Waals surface area contributed by atoms with Crippen LogP contribution in [-0.2, 0) is 14.3 Å². The molecule has 0 aromatic carbocycles. The van der Waals surface area contributed by atoms with Gasteiger partial charge in [0.15, 0.2) is 0 Å². The largest absolute Gasteiger partial charge is 0.480 e. The smallest absolute Gasteiger partial charge is 0.326 e. The van der Waals surface area contributed by atoms with Gasteiger partial charge in [0.1, 0.15) is 6.04 Å². The number of carboxylic acid groups (broad SMARTS) is 1. The Morgan fingerprint density at radius 2 is 2.22 bits per heavy atom. The van der Waals surface area contributed by atoms with E-state index in [1.807, 2.05) is 0 Å². The van der Waals surface area contributed by atoms with E-state index < -0.39 is 12.0 Å². The van der Waals surface area contributed by atoms with E-state index in [9.17, 15) is 9.59 Å². The fourth-order valence-corrected chi connectivity index (χ4v) is 1.83. The highest BCUT2D eigenvalue weighted by atomic mass is 16.5. The quantitative estimate of drug-likeness (QED) is 0.500. The lowest BCUT2D eigenvalue weighted by atomic mass is 10.2. The zero-order valence-corrected chi connectivity index (χ0v) is 10.8. The number of carbonyl (C=O) groups is 2. The maximum Gasteiger partial charge on any atom is 0.326 e. The van der Waals surface area contributed by atoms with Crippen LogP contribution in [0.4, 0.5) is 0 Å². The first-order chi connectivity index (χ1) is 8.57. The summed E-state index contributed by atoms with van der Waals surface area (Å²) in [4.78, 5) is 24.5. The van der Waals surface area contributed by atoms with Gasteiger partial charge in [-0.25, -0.2) is 4.79 Å². The van der Waals surface area contributed by atoms with E-state index in [0.717, 1.165) is 12.8 Å². The van der Waals surface area contributed by atoms with Crippen LogP contribution < -0.4 is 0 Å². The third-order valence-corrected chi connectivity index (χ3v) is 2.92. The molecule has 1 fully saturated rings. The Morgan fingerprint density at radius 3 is 2.72 bits per heavy atom. The predicted molar refractivity (Wildman–Crippen MR) is 67.2 cm³/mol. The molecule has 0 heterocycles. The number of ether oxygens (including phenoxy) is 1. The molecule has 1 saturated carbocycles. The third kappa shape index (κ3) is 4.49. The van der Waals surface area contributed by atoms with Gasteiger partial charge in [0, 0.05) is 19.1 Å². The number of hydrogen-bond acceptors (Lipinski definition) is 3. The van der Waals surface area contributed by atoms with Crippen molar-refractivity contribution in [3.8, 4) is 0 Å². The van der Waals surface area contributed by atoms with Crippen LogP contribution in [0.25, 0.3) is 0 Å². The van der Waals surface area contributed by atoms with Gasteiger partial charge in [0.25, 0.3) is 0 Å². The van der Waals surface area contributed by atoms with Crippen molar-refractivity contribution in [2.45, 2.75) is 44.7 Å². The second-order valence-corrected chi connectivity index (χ2v) is 4.51. The lowest BCUT2D eigenvalue weighted by Crippen LogP contribution is -2.44. The number of amides is 1. The van der Waals surface area contributed by atoms with Crippen LogP contribution in [-0.4, -0.2) is 47.2 Å². The van der Waals surface area contributed by atoms with Crippen LogP contribution >= 0.6 is 0 Å². The van der Waals surface area contributed by atoms with Gasteiger partial charge in [0.05, 0.1) is 6.61 Å². The SMILES string of the molecule is C=CCOCCCC(=O)N(C1CC1)C(C)C(=O)O. The molecule has 5 heteroatoms. The second-order valence-electron chi connectivity index (χ2n) is 4.51. The lowest BCUT2D eigenvalue weighted by Gasteiger charge is -2.26. The molecule has 0 aromatic rings. The topological polar surface area (TPSA) is 66.8 Å². The number of hydrogen-bond donors (Lipinski definition) is 1. The Hall–Kier alpha value is -1.36. The molecule has 5 nitrogen and oxygen atoms in total. The molecule has 18 heavy (non-hydrogen) atoms. The number of carboxylic acids is 1. The van der Waals surface area contributed by atoms with Crippen LogP contribution in [0.2, 0.25) is 0 Å². The summed E-state index contributed by atoms with van der Waals surface area (Å²) in [6, 6.07) is -0.614. The zero-order valence-electron chi connectivity index (χ0n) is 10.8. The monoisotopic (exact) mass is 255 g/mol. The number of rotatable bonds is 9. The van der Waals surface area contributed by atoms with Gasteiger partial charge >= 0.3 is 5.97 Å². The fourth-order valence-electron chi connectivity index (χ4n) is 1.83. The van der Waals surface area contributed by atoms with E-state index >= 15 is 0 Å². The molecule has 0 aromatic heterocycles. The summed E-state index contributed by atoms with van der Waals surface area (Å²) in [6.07, 6.45) is 4.44. The Kier molecular flexibility index (Phi) is 5.85. The second kappa shape index (κ2) is 7.16. The van der Waals surface area contributed by atoms with Crippen molar-refractivity contribution in [3.05, 3.63) is 12.7 Å². The highest BCUT2D eigenvalue weighted by Gasteiger charge is 2.37. The van der Waals surface area contributed by atoms with Crippen molar-refractivity contribution in [3.63, 3.8) is 0 Å². The molecule has 1 rings (SSSR count). The van der Waals surface area contributed by atoms with Gasteiger partial charge < -0.3 is 14.7 Å². The van der Waals surface area contributed by atoms with Gasteiger partial charge in [-0.3, -0.25) is 4.79 Å². The van der Waals surface area contributed by atoms with Crippen LogP contribution in [0.5, 0.6) is 0 Å². The maximum absolute atomic E-state index is 12.0. The van der Waals surface area contributed by atoms with E-state index in [0.29, 0.717) is 26.1 Å². The first kappa shape index (κ1) is 14.7. The van der Waals surface area contributed by atoms with Crippen molar-refractivity contribution in [1.82, 2.24) is 4.90 Å². The molecule has 1 N–H and O–H groups in total. The van der Waals surface area contributed by atoms with E-state index in [2.05, 4.69) is 6.58 Å². The molecule has 1 unspecified atom stereocenters. The summed E-state index contributed by atoms with van der Waals surface area (Å²) in [7, 11) is 0. The minimum absolute atomic E-state index is 0.0883. The third-order valence-electron chi connectivity index (χ3n) is 2.92. The highest BCUT2D eigenvalue weighted by molar-refractivity contribution is 5.83. The average molecular weight is 255 g/mol. The van der Waals surface area contributed by atoms with Gasteiger partial charge in [0.2, 0.25) is 5.91 Å². The molecule has 1 atom stereocenters. The zero-order chi connectivity index (χ0) is 13.5. The average Bonchev–Trinajstić information content (AvgIpc) is 3.13. The standard InChI is InChI=1S/C13H21NO4/c1-3-8-18-9-4-5-12(15)14(11-6-7-11)10(2)13(16)17/h3,10-11H,1,4-9H2,2H3,(H,16,17). The lowest BCUT2D eigenvalue weighted by molar-refractivity contribution is -0.150. The number of carbonyl (C=O) groups excluding carboxylic acids is 1.